The predicted molar refractivity (Wildman–Crippen MR) is 120 cm³/mol. The van der Waals surface area contributed by atoms with E-state index >= 15 is 0 Å². The van der Waals surface area contributed by atoms with Crippen LogP contribution in [0, 0.1) is 5.41 Å². The number of benzene rings is 2. The minimum Gasteiger partial charge on any atom is -0.384 e. The van der Waals surface area contributed by atoms with Crippen molar-refractivity contribution in [2.24, 2.45) is 17.2 Å². The molecule has 0 aliphatic heterocycles. The number of pyridine rings is 1. The predicted octanol–water partition coefficient (Wildman–Crippen LogP) is 2.35. The second kappa shape index (κ2) is 9.27. The molecule has 0 fully saturated rings. The molecule has 0 saturated carbocycles. The van der Waals surface area contributed by atoms with Crippen LogP contribution in [0.3, 0.4) is 0 Å². The number of primary amides is 2. The van der Waals surface area contributed by atoms with Crippen LogP contribution in [0.5, 0.6) is 0 Å². The first-order chi connectivity index (χ1) is 14.8. The number of aromatic nitrogens is 1. The summed E-state index contributed by atoms with van der Waals surface area (Å²) in [5, 5.41) is 11.3. The van der Waals surface area contributed by atoms with Crippen molar-refractivity contribution < 1.29 is 9.59 Å². The standard InChI is InChI=1S/C22H21ClN6O2/c23-17-5-1-4-15(21(26)30)16(17)9-12-6-7-13(20(24)25)10-18(12)29-19(22(27)31)14-3-2-8-28-11-14/h1-8,10-11,19,29H,9H2,(H3,24,25)(H2,26,30)(H2,27,31). The van der Waals surface area contributed by atoms with E-state index < -0.39 is 17.9 Å². The first kappa shape index (κ1) is 21.8. The summed E-state index contributed by atoms with van der Waals surface area (Å²) in [6.07, 6.45) is 3.37. The van der Waals surface area contributed by atoms with Gasteiger partial charge in [0.05, 0.1) is 0 Å². The number of rotatable bonds is 8. The van der Waals surface area contributed by atoms with Gasteiger partial charge in [-0.05, 0) is 35.4 Å². The summed E-state index contributed by atoms with van der Waals surface area (Å²) >= 11 is 6.34. The molecule has 0 radical (unpaired) electrons. The average molecular weight is 437 g/mol. The molecule has 0 saturated heterocycles. The lowest BCUT2D eigenvalue weighted by Crippen LogP contribution is -2.28. The van der Waals surface area contributed by atoms with Gasteiger partial charge in [0.2, 0.25) is 11.8 Å². The summed E-state index contributed by atoms with van der Waals surface area (Å²) in [7, 11) is 0. The van der Waals surface area contributed by atoms with Crippen molar-refractivity contribution in [2.75, 3.05) is 5.32 Å². The third-order valence-electron chi connectivity index (χ3n) is 4.77. The number of hydrogen-bond donors (Lipinski definition) is 5. The van der Waals surface area contributed by atoms with Gasteiger partial charge in [-0.15, -0.1) is 0 Å². The molecule has 2 amide bonds. The molecule has 8 nitrogen and oxygen atoms in total. The smallest absolute Gasteiger partial charge is 0.249 e. The molecule has 0 bridgehead atoms. The third kappa shape index (κ3) is 4.99. The zero-order chi connectivity index (χ0) is 22.5. The minimum absolute atomic E-state index is 0.137. The van der Waals surface area contributed by atoms with E-state index in [1.807, 2.05) is 0 Å². The summed E-state index contributed by atoms with van der Waals surface area (Å²) < 4.78 is 0. The van der Waals surface area contributed by atoms with E-state index in [2.05, 4.69) is 10.3 Å². The Hall–Kier alpha value is -3.91. The number of nitrogens with two attached hydrogens (primary N) is 3. The number of nitrogens with one attached hydrogen (secondary N) is 2. The van der Waals surface area contributed by atoms with Crippen LogP contribution < -0.4 is 22.5 Å². The molecule has 0 aliphatic rings. The van der Waals surface area contributed by atoms with E-state index in [9.17, 15) is 9.59 Å². The highest BCUT2D eigenvalue weighted by Gasteiger charge is 2.21. The molecular weight excluding hydrogens is 416 g/mol. The van der Waals surface area contributed by atoms with Crippen LogP contribution in [-0.2, 0) is 11.2 Å². The lowest BCUT2D eigenvalue weighted by atomic mass is 9.96. The Labute approximate surface area is 183 Å². The van der Waals surface area contributed by atoms with Crippen LogP contribution >= 0.6 is 11.6 Å². The lowest BCUT2D eigenvalue weighted by Gasteiger charge is -2.21. The maximum atomic E-state index is 12.2. The summed E-state index contributed by atoms with van der Waals surface area (Å²) in [6.45, 7) is 0. The highest BCUT2D eigenvalue weighted by molar-refractivity contribution is 6.32. The Morgan fingerprint density at radius 2 is 1.87 bits per heavy atom. The first-order valence-corrected chi connectivity index (χ1v) is 9.66. The fourth-order valence-electron chi connectivity index (χ4n) is 3.21. The van der Waals surface area contributed by atoms with Crippen LogP contribution in [0.25, 0.3) is 0 Å². The van der Waals surface area contributed by atoms with Crippen molar-refractivity contribution in [3.63, 3.8) is 0 Å². The zero-order valence-corrected chi connectivity index (χ0v) is 17.2. The molecule has 0 spiro atoms. The molecule has 3 aromatic rings. The molecule has 0 aliphatic carbocycles. The summed E-state index contributed by atoms with van der Waals surface area (Å²) in [5.74, 6) is -1.34. The number of amides is 2. The number of halogens is 1. The van der Waals surface area contributed by atoms with Gasteiger partial charge in [0.15, 0.2) is 0 Å². The fraction of sp³-hybridized carbons (Fsp3) is 0.0909. The molecule has 1 heterocycles. The van der Waals surface area contributed by atoms with Gasteiger partial charge in [-0.25, -0.2) is 0 Å². The van der Waals surface area contributed by atoms with Gasteiger partial charge in [0.1, 0.15) is 11.9 Å². The number of amidine groups is 1. The Bertz CT molecular complexity index is 1150. The topological polar surface area (TPSA) is 161 Å². The van der Waals surface area contributed by atoms with Crippen molar-refractivity contribution in [2.45, 2.75) is 12.5 Å². The summed E-state index contributed by atoms with van der Waals surface area (Å²) in [6, 6.07) is 12.5. The van der Waals surface area contributed by atoms with E-state index in [0.29, 0.717) is 38.5 Å². The Balaban J connectivity index is 2.08. The minimum atomic E-state index is -0.878. The Kier molecular flexibility index (Phi) is 6.52. The fourth-order valence-corrected chi connectivity index (χ4v) is 3.45. The van der Waals surface area contributed by atoms with Crippen LogP contribution in [0.2, 0.25) is 5.02 Å². The Morgan fingerprint density at radius 1 is 1.10 bits per heavy atom. The molecule has 158 valence electrons. The summed E-state index contributed by atoms with van der Waals surface area (Å²) in [5.41, 5.74) is 19.9. The monoisotopic (exact) mass is 436 g/mol. The molecule has 1 aromatic heterocycles. The van der Waals surface area contributed by atoms with Gasteiger partial charge in [-0.2, -0.15) is 0 Å². The van der Waals surface area contributed by atoms with Gasteiger partial charge in [-0.3, -0.25) is 20.0 Å². The zero-order valence-electron chi connectivity index (χ0n) is 16.4. The van der Waals surface area contributed by atoms with Crippen molar-refractivity contribution >= 4 is 34.9 Å². The highest BCUT2D eigenvalue weighted by Crippen LogP contribution is 2.29. The van der Waals surface area contributed by atoms with Crippen molar-refractivity contribution in [1.29, 1.82) is 5.41 Å². The number of anilines is 1. The van der Waals surface area contributed by atoms with Gasteiger partial charge in [0, 0.05) is 46.2 Å². The second-order valence-electron chi connectivity index (χ2n) is 6.86. The largest absolute Gasteiger partial charge is 0.384 e. The van der Waals surface area contributed by atoms with Crippen LogP contribution in [-0.4, -0.2) is 22.6 Å². The molecule has 1 unspecified atom stereocenters. The number of nitrogens with zero attached hydrogens (tertiary/aromatic N) is 1. The highest BCUT2D eigenvalue weighted by atomic mass is 35.5. The lowest BCUT2D eigenvalue weighted by molar-refractivity contribution is -0.118. The van der Waals surface area contributed by atoms with E-state index in [4.69, 9.17) is 34.2 Å². The van der Waals surface area contributed by atoms with Crippen LogP contribution in [0.1, 0.15) is 38.7 Å². The summed E-state index contributed by atoms with van der Waals surface area (Å²) in [4.78, 5) is 28.1. The van der Waals surface area contributed by atoms with Crippen LogP contribution in [0.4, 0.5) is 5.69 Å². The number of nitrogen functional groups attached to an aromatic ring is 1. The van der Waals surface area contributed by atoms with Crippen molar-refractivity contribution in [1.82, 2.24) is 4.98 Å². The third-order valence-corrected chi connectivity index (χ3v) is 5.13. The van der Waals surface area contributed by atoms with Crippen LogP contribution in [0.15, 0.2) is 60.9 Å². The van der Waals surface area contributed by atoms with Gasteiger partial charge in [0.25, 0.3) is 0 Å². The van der Waals surface area contributed by atoms with E-state index in [-0.39, 0.29) is 12.3 Å². The average Bonchev–Trinajstić information content (AvgIpc) is 2.74. The second-order valence-corrected chi connectivity index (χ2v) is 7.27. The molecule has 2 aromatic carbocycles. The van der Waals surface area contributed by atoms with Gasteiger partial charge < -0.3 is 22.5 Å². The maximum Gasteiger partial charge on any atom is 0.249 e. The van der Waals surface area contributed by atoms with Gasteiger partial charge >= 0.3 is 0 Å². The molecule has 3 rings (SSSR count). The van der Waals surface area contributed by atoms with Gasteiger partial charge in [-0.1, -0.05) is 35.9 Å². The number of carbonyl (C=O) groups is 2. The van der Waals surface area contributed by atoms with Crippen molar-refractivity contribution in [3.05, 3.63) is 93.8 Å². The molecule has 9 heteroatoms. The van der Waals surface area contributed by atoms with E-state index in [1.165, 1.54) is 6.20 Å². The molecule has 1 atom stereocenters. The SMILES string of the molecule is N=C(N)c1ccc(Cc2c(Cl)cccc2C(N)=O)c(NC(C(N)=O)c2cccnc2)c1. The quantitative estimate of drug-likeness (QED) is 0.270. The first-order valence-electron chi connectivity index (χ1n) is 9.28. The number of carbonyl (C=O) groups excluding carboxylic acids is 2. The van der Waals surface area contributed by atoms with Crippen molar-refractivity contribution in [3.8, 4) is 0 Å². The molecule has 8 N–H and O–H groups in total. The van der Waals surface area contributed by atoms with E-state index in [1.54, 1.807) is 54.7 Å². The molecule has 31 heavy (non-hydrogen) atoms. The Morgan fingerprint density at radius 3 is 2.48 bits per heavy atom. The maximum absolute atomic E-state index is 12.2. The normalized spacial score (nSPS) is 11.5. The van der Waals surface area contributed by atoms with E-state index in [0.717, 1.165) is 0 Å². The molecular formula is C22H21ClN6O2. The number of hydrogen-bond acceptors (Lipinski definition) is 5.